The first-order valence-corrected chi connectivity index (χ1v) is 7.47. The fourth-order valence-corrected chi connectivity index (χ4v) is 3.39. The summed E-state index contributed by atoms with van der Waals surface area (Å²) in [7, 11) is 0. The second-order valence-corrected chi connectivity index (χ2v) is 5.65. The molecule has 1 aliphatic rings. The van der Waals surface area contributed by atoms with Crippen molar-refractivity contribution in [3.8, 4) is 0 Å². The summed E-state index contributed by atoms with van der Waals surface area (Å²) in [5.41, 5.74) is 6.99. The van der Waals surface area contributed by atoms with Crippen molar-refractivity contribution in [2.75, 3.05) is 0 Å². The van der Waals surface area contributed by atoms with E-state index in [2.05, 4.69) is 65.6 Å². The normalized spacial score (nSPS) is 13.5. The quantitative estimate of drug-likeness (QED) is 0.675. The van der Waals surface area contributed by atoms with E-state index >= 15 is 0 Å². The minimum Gasteiger partial charge on any atom is -0.261 e. The molecule has 4 rings (SSSR count). The van der Waals surface area contributed by atoms with Crippen LogP contribution in [-0.2, 0) is 12.8 Å². The molecule has 0 unspecified atom stereocenters. The lowest BCUT2D eigenvalue weighted by Gasteiger charge is -2.28. The lowest BCUT2D eigenvalue weighted by Crippen LogP contribution is -2.16. The van der Waals surface area contributed by atoms with Crippen LogP contribution in [0.1, 0.15) is 33.9 Å². The van der Waals surface area contributed by atoms with E-state index in [1.54, 1.807) is 0 Å². The van der Waals surface area contributed by atoms with Gasteiger partial charge in [0, 0.05) is 24.2 Å². The first-order valence-electron chi connectivity index (χ1n) is 7.47. The highest BCUT2D eigenvalue weighted by Crippen LogP contribution is 2.38. The fourth-order valence-electron chi connectivity index (χ4n) is 3.39. The topological polar surface area (TPSA) is 12.9 Å². The molecule has 0 saturated heterocycles. The number of fused-ring (bicyclic) bond motifs is 2. The average molecular weight is 271 g/mol. The Balaban J connectivity index is 1.82. The highest BCUT2D eigenvalue weighted by molar-refractivity contribution is 5.49. The van der Waals surface area contributed by atoms with E-state index in [0.717, 1.165) is 18.5 Å². The van der Waals surface area contributed by atoms with Crippen molar-refractivity contribution in [1.82, 2.24) is 4.98 Å². The van der Waals surface area contributed by atoms with Crippen LogP contribution in [-0.4, -0.2) is 4.98 Å². The van der Waals surface area contributed by atoms with Crippen molar-refractivity contribution < 1.29 is 0 Å². The molecule has 0 bridgehead atoms. The molecule has 0 amide bonds. The smallest absolute Gasteiger partial charge is 0.0413 e. The van der Waals surface area contributed by atoms with Crippen molar-refractivity contribution in [2.45, 2.75) is 18.8 Å². The van der Waals surface area contributed by atoms with Gasteiger partial charge in [-0.3, -0.25) is 4.98 Å². The summed E-state index contributed by atoms with van der Waals surface area (Å²) in [6.07, 6.45) is 3.90. The van der Waals surface area contributed by atoms with Crippen molar-refractivity contribution in [3.63, 3.8) is 0 Å². The molecular weight excluding hydrogens is 254 g/mol. The molecule has 0 fully saturated rings. The van der Waals surface area contributed by atoms with Crippen LogP contribution in [0.3, 0.4) is 0 Å². The molecule has 1 aliphatic carbocycles. The molecule has 0 aliphatic heterocycles. The first-order chi connectivity index (χ1) is 10.4. The van der Waals surface area contributed by atoms with E-state index in [9.17, 15) is 0 Å². The van der Waals surface area contributed by atoms with Gasteiger partial charge >= 0.3 is 0 Å². The van der Waals surface area contributed by atoms with Crippen molar-refractivity contribution >= 4 is 0 Å². The van der Waals surface area contributed by atoms with Crippen LogP contribution in [0.25, 0.3) is 0 Å². The van der Waals surface area contributed by atoms with Crippen LogP contribution in [0, 0.1) is 0 Å². The Hall–Kier alpha value is -2.41. The molecule has 2 aromatic carbocycles. The van der Waals surface area contributed by atoms with Gasteiger partial charge in [0.2, 0.25) is 0 Å². The van der Waals surface area contributed by atoms with E-state index in [0.29, 0.717) is 5.92 Å². The van der Waals surface area contributed by atoms with Gasteiger partial charge in [-0.25, -0.2) is 0 Å². The third-order valence-electron chi connectivity index (χ3n) is 4.38. The summed E-state index contributed by atoms with van der Waals surface area (Å²) in [5, 5.41) is 0. The molecule has 1 aromatic heterocycles. The molecule has 0 atom stereocenters. The van der Waals surface area contributed by atoms with Gasteiger partial charge in [0.1, 0.15) is 0 Å². The van der Waals surface area contributed by atoms with Gasteiger partial charge in [-0.05, 0) is 40.8 Å². The maximum atomic E-state index is 4.52. The summed E-state index contributed by atoms with van der Waals surface area (Å²) in [6, 6.07) is 23.8. The maximum Gasteiger partial charge on any atom is 0.0413 e. The molecule has 102 valence electrons. The van der Waals surface area contributed by atoms with Crippen LogP contribution in [0.4, 0.5) is 0 Å². The number of pyridine rings is 1. The summed E-state index contributed by atoms with van der Waals surface area (Å²) in [5.74, 6) is 0.418. The second kappa shape index (κ2) is 5.17. The summed E-state index contributed by atoms with van der Waals surface area (Å²) in [4.78, 5) is 4.52. The molecule has 21 heavy (non-hydrogen) atoms. The van der Waals surface area contributed by atoms with Gasteiger partial charge in [-0.1, -0.05) is 54.6 Å². The average Bonchev–Trinajstić information content (AvgIpc) is 2.55. The van der Waals surface area contributed by atoms with Gasteiger partial charge in [0.15, 0.2) is 0 Å². The SMILES string of the molecule is c1ccc(CC2c3ccccc3Cc3ccccc32)nc1. The van der Waals surface area contributed by atoms with Gasteiger partial charge in [0.25, 0.3) is 0 Å². The van der Waals surface area contributed by atoms with Gasteiger partial charge in [-0.2, -0.15) is 0 Å². The summed E-state index contributed by atoms with van der Waals surface area (Å²) < 4.78 is 0. The summed E-state index contributed by atoms with van der Waals surface area (Å²) in [6.45, 7) is 0. The Labute approximate surface area is 125 Å². The van der Waals surface area contributed by atoms with E-state index in [1.165, 1.54) is 22.3 Å². The molecule has 1 heterocycles. The molecule has 0 spiro atoms. The van der Waals surface area contributed by atoms with Crippen molar-refractivity contribution in [1.29, 1.82) is 0 Å². The number of aromatic nitrogens is 1. The monoisotopic (exact) mass is 271 g/mol. The largest absolute Gasteiger partial charge is 0.261 e. The fraction of sp³-hybridized carbons (Fsp3) is 0.150. The van der Waals surface area contributed by atoms with Crippen LogP contribution < -0.4 is 0 Å². The van der Waals surface area contributed by atoms with Crippen molar-refractivity contribution in [3.05, 3.63) is 101 Å². The van der Waals surface area contributed by atoms with Crippen LogP contribution in [0.15, 0.2) is 72.9 Å². The third-order valence-corrected chi connectivity index (χ3v) is 4.38. The molecule has 3 aromatic rings. The standard InChI is InChI=1S/C20H17N/c1-3-10-18-15(7-1)13-16-8-2-4-11-19(16)20(18)14-17-9-5-6-12-21-17/h1-12,20H,13-14H2. The zero-order valence-corrected chi connectivity index (χ0v) is 11.9. The molecular formula is C20H17N. The second-order valence-electron chi connectivity index (χ2n) is 5.65. The van der Waals surface area contributed by atoms with Crippen LogP contribution in [0.2, 0.25) is 0 Å². The molecule has 1 nitrogen and oxygen atoms in total. The minimum atomic E-state index is 0.418. The van der Waals surface area contributed by atoms with Crippen LogP contribution in [0.5, 0.6) is 0 Å². The van der Waals surface area contributed by atoms with E-state index in [-0.39, 0.29) is 0 Å². The third kappa shape index (κ3) is 2.25. The number of nitrogens with zero attached hydrogens (tertiary/aromatic N) is 1. The van der Waals surface area contributed by atoms with E-state index in [1.807, 2.05) is 12.3 Å². The van der Waals surface area contributed by atoms with E-state index < -0.39 is 0 Å². The Morgan fingerprint density at radius 3 is 2.00 bits per heavy atom. The van der Waals surface area contributed by atoms with Gasteiger partial charge < -0.3 is 0 Å². The zero-order valence-electron chi connectivity index (χ0n) is 11.9. The number of benzene rings is 2. The Kier molecular flexibility index (Phi) is 3.04. The Bertz CT molecular complexity index is 716. The number of hydrogen-bond acceptors (Lipinski definition) is 1. The van der Waals surface area contributed by atoms with Crippen molar-refractivity contribution in [2.24, 2.45) is 0 Å². The predicted molar refractivity (Wildman–Crippen MR) is 85.5 cm³/mol. The predicted octanol–water partition coefficient (Wildman–Crippen LogP) is 4.36. The highest BCUT2D eigenvalue weighted by atomic mass is 14.7. The van der Waals surface area contributed by atoms with Gasteiger partial charge in [0.05, 0.1) is 0 Å². The molecule has 0 N–H and O–H groups in total. The molecule has 0 radical (unpaired) electrons. The maximum absolute atomic E-state index is 4.52. The lowest BCUT2D eigenvalue weighted by molar-refractivity contribution is 0.744. The molecule has 0 saturated carbocycles. The minimum absolute atomic E-state index is 0.418. The van der Waals surface area contributed by atoms with E-state index in [4.69, 9.17) is 0 Å². The summed E-state index contributed by atoms with van der Waals surface area (Å²) >= 11 is 0. The first kappa shape index (κ1) is 12.3. The Morgan fingerprint density at radius 1 is 0.762 bits per heavy atom. The van der Waals surface area contributed by atoms with Gasteiger partial charge in [-0.15, -0.1) is 0 Å². The highest BCUT2D eigenvalue weighted by Gasteiger charge is 2.25. The number of hydrogen-bond donors (Lipinski definition) is 0. The van der Waals surface area contributed by atoms with Crippen LogP contribution >= 0.6 is 0 Å². The zero-order chi connectivity index (χ0) is 14.1. The number of rotatable bonds is 2. The lowest BCUT2D eigenvalue weighted by atomic mass is 9.76. The Morgan fingerprint density at radius 2 is 1.38 bits per heavy atom. The molecule has 1 heteroatoms.